The highest BCUT2D eigenvalue weighted by Crippen LogP contribution is 2.20. The Hall–Kier alpha value is -1.92. The number of hydrogen-bond acceptors (Lipinski definition) is 3. The number of thioether (sulfide) groups is 1. The van der Waals surface area contributed by atoms with Crippen molar-refractivity contribution in [1.82, 2.24) is 5.32 Å². The van der Waals surface area contributed by atoms with Gasteiger partial charge in [-0.15, -0.1) is 11.8 Å². The molecular weight excluding hydrogens is 320 g/mol. The van der Waals surface area contributed by atoms with Crippen LogP contribution in [0.25, 0.3) is 0 Å². The quantitative estimate of drug-likeness (QED) is 0.764. The van der Waals surface area contributed by atoms with E-state index in [0.29, 0.717) is 11.3 Å². The summed E-state index contributed by atoms with van der Waals surface area (Å²) in [5.74, 6) is -2.05. The molecule has 0 bridgehead atoms. The third-order valence-electron chi connectivity index (χ3n) is 3.11. The molecule has 1 amide bonds. The van der Waals surface area contributed by atoms with Crippen molar-refractivity contribution in [1.29, 1.82) is 0 Å². The van der Waals surface area contributed by atoms with Gasteiger partial charge in [0.1, 0.15) is 0 Å². The number of carbonyl (C=O) groups is 1. The fourth-order valence-corrected chi connectivity index (χ4v) is 2.71. The zero-order valence-corrected chi connectivity index (χ0v) is 13.2. The third kappa shape index (κ3) is 6.00. The Balaban J connectivity index is 1.71. The Morgan fingerprint density at radius 3 is 2.57 bits per heavy atom. The van der Waals surface area contributed by atoms with Crippen LogP contribution in [-0.4, -0.2) is 29.4 Å². The maximum atomic E-state index is 13.0. The first kappa shape index (κ1) is 17.4. The third-order valence-corrected chi connectivity index (χ3v) is 4.10. The summed E-state index contributed by atoms with van der Waals surface area (Å²) >= 11 is 1.11. The van der Waals surface area contributed by atoms with E-state index in [4.69, 9.17) is 0 Å². The Bertz CT molecular complexity index is 652. The molecule has 0 spiro atoms. The molecule has 0 aliphatic carbocycles. The molecule has 2 rings (SSSR count). The van der Waals surface area contributed by atoms with Crippen molar-refractivity contribution < 1.29 is 18.7 Å². The summed E-state index contributed by atoms with van der Waals surface area (Å²) in [5.41, 5.74) is 0.991. The van der Waals surface area contributed by atoms with E-state index in [1.807, 2.05) is 30.3 Å². The molecule has 0 aromatic heterocycles. The maximum Gasteiger partial charge on any atom is 0.230 e. The highest BCUT2D eigenvalue weighted by Gasteiger charge is 2.09. The van der Waals surface area contributed by atoms with Gasteiger partial charge in [0.15, 0.2) is 11.6 Å². The lowest BCUT2D eigenvalue weighted by atomic mass is 10.1. The Morgan fingerprint density at radius 2 is 1.87 bits per heavy atom. The van der Waals surface area contributed by atoms with Gasteiger partial charge in [0.25, 0.3) is 0 Å². The Kier molecular flexibility index (Phi) is 6.55. The minimum absolute atomic E-state index is 0.0725. The lowest BCUT2D eigenvalue weighted by Crippen LogP contribution is -2.34. The predicted octanol–water partition coefficient (Wildman–Crippen LogP) is 2.78. The van der Waals surface area contributed by atoms with Crippen LogP contribution in [-0.2, 0) is 11.2 Å². The lowest BCUT2D eigenvalue weighted by molar-refractivity contribution is -0.119. The van der Waals surface area contributed by atoms with Crippen LogP contribution in [0.5, 0.6) is 0 Å². The molecule has 1 unspecified atom stereocenters. The molecule has 122 valence electrons. The summed E-state index contributed by atoms with van der Waals surface area (Å²) in [6.07, 6.45) is -0.216. The van der Waals surface area contributed by atoms with Crippen molar-refractivity contribution in [3.05, 3.63) is 65.7 Å². The number of carbonyl (C=O) groups excluding carboxylic acids is 1. The highest BCUT2D eigenvalue weighted by molar-refractivity contribution is 8.00. The second-order valence-electron chi connectivity index (χ2n) is 5.01. The van der Waals surface area contributed by atoms with E-state index in [0.717, 1.165) is 29.5 Å². The lowest BCUT2D eigenvalue weighted by Gasteiger charge is -2.12. The van der Waals surface area contributed by atoms with E-state index in [1.54, 1.807) is 0 Å². The van der Waals surface area contributed by atoms with Gasteiger partial charge in [-0.3, -0.25) is 4.79 Å². The molecular formula is C17H17F2NO2S. The van der Waals surface area contributed by atoms with E-state index in [1.165, 1.54) is 6.07 Å². The fourth-order valence-electron chi connectivity index (χ4n) is 1.96. The van der Waals surface area contributed by atoms with Gasteiger partial charge < -0.3 is 10.4 Å². The van der Waals surface area contributed by atoms with Gasteiger partial charge in [-0.05, 0) is 23.8 Å². The smallest absolute Gasteiger partial charge is 0.230 e. The van der Waals surface area contributed by atoms with Gasteiger partial charge in [-0.1, -0.05) is 30.3 Å². The second kappa shape index (κ2) is 8.64. The molecule has 1 atom stereocenters. The topological polar surface area (TPSA) is 49.3 Å². The normalized spacial score (nSPS) is 12.0. The van der Waals surface area contributed by atoms with E-state index >= 15 is 0 Å². The maximum absolute atomic E-state index is 13.0. The zero-order valence-electron chi connectivity index (χ0n) is 12.3. The van der Waals surface area contributed by atoms with Crippen molar-refractivity contribution >= 4 is 17.7 Å². The molecule has 0 aliphatic rings. The average molecular weight is 337 g/mol. The standard InChI is InChI=1S/C17H17F2NO2S/c18-15-7-6-14(9-16(15)19)23-11-17(22)20-10-13(21)8-12-4-2-1-3-5-12/h1-7,9,13,21H,8,10-11H2,(H,20,22). The summed E-state index contributed by atoms with van der Waals surface area (Å²) < 4.78 is 25.8. The second-order valence-corrected chi connectivity index (χ2v) is 6.06. The molecule has 0 fully saturated rings. The van der Waals surface area contributed by atoms with Gasteiger partial charge >= 0.3 is 0 Å². The van der Waals surface area contributed by atoms with Gasteiger partial charge in [-0.2, -0.15) is 0 Å². The minimum atomic E-state index is -0.936. The summed E-state index contributed by atoms with van der Waals surface area (Å²) in [6.45, 7) is 0.145. The minimum Gasteiger partial charge on any atom is -0.391 e. The molecule has 2 N–H and O–H groups in total. The molecule has 2 aromatic rings. The van der Waals surface area contributed by atoms with Gasteiger partial charge in [0, 0.05) is 17.9 Å². The molecule has 3 nitrogen and oxygen atoms in total. The van der Waals surface area contributed by atoms with Crippen molar-refractivity contribution in [2.75, 3.05) is 12.3 Å². The van der Waals surface area contributed by atoms with Crippen LogP contribution in [0.3, 0.4) is 0 Å². The van der Waals surface area contributed by atoms with Crippen molar-refractivity contribution in [3.8, 4) is 0 Å². The number of hydrogen-bond donors (Lipinski definition) is 2. The van der Waals surface area contributed by atoms with Crippen molar-refractivity contribution in [3.63, 3.8) is 0 Å². The number of nitrogens with one attached hydrogen (secondary N) is 1. The number of rotatable bonds is 7. The summed E-state index contributed by atoms with van der Waals surface area (Å²) in [5, 5.41) is 12.5. The van der Waals surface area contributed by atoms with E-state index < -0.39 is 17.7 Å². The summed E-state index contributed by atoms with van der Waals surface area (Å²) in [6, 6.07) is 13.0. The largest absolute Gasteiger partial charge is 0.391 e. The molecule has 0 radical (unpaired) electrons. The molecule has 23 heavy (non-hydrogen) atoms. The van der Waals surface area contributed by atoms with Crippen LogP contribution >= 0.6 is 11.8 Å². The van der Waals surface area contributed by atoms with Crippen LogP contribution < -0.4 is 5.32 Å². The molecule has 0 heterocycles. The summed E-state index contributed by atoms with van der Waals surface area (Å²) in [7, 11) is 0. The zero-order chi connectivity index (χ0) is 16.7. The summed E-state index contributed by atoms with van der Waals surface area (Å²) in [4.78, 5) is 12.2. The SMILES string of the molecule is O=C(CSc1ccc(F)c(F)c1)NCC(O)Cc1ccccc1. The highest BCUT2D eigenvalue weighted by atomic mass is 32.2. The van der Waals surface area contributed by atoms with Gasteiger partial charge in [0.2, 0.25) is 5.91 Å². The van der Waals surface area contributed by atoms with E-state index in [-0.39, 0.29) is 18.2 Å². The fraction of sp³-hybridized carbons (Fsp3) is 0.235. The first-order valence-corrected chi connectivity index (χ1v) is 8.09. The number of aliphatic hydroxyl groups excluding tert-OH is 1. The van der Waals surface area contributed by atoms with Crippen LogP contribution in [0.4, 0.5) is 8.78 Å². The van der Waals surface area contributed by atoms with Crippen molar-refractivity contribution in [2.24, 2.45) is 0 Å². The Labute approximate surface area is 137 Å². The molecule has 0 aliphatic heterocycles. The van der Waals surface area contributed by atoms with Gasteiger partial charge in [-0.25, -0.2) is 8.78 Å². The first-order valence-electron chi connectivity index (χ1n) is 7.11. The number of aliphatic hydroxyl groups is 1. The van der Waals surface area contributed by atoms with Crippen LogP contribution in [0.2, 0.25) is 0 Å². The van der Waals surface area contributed by atoms with Gasteiger partial charge in [0.05, 0.1) is 11.9 Å². The predicted molar refractivity (Wildman–Crippen MR) is 86.2 cm³/mol. The number of benzene rings is 2. The van der Waals surface area contributed by atoms with E-state index in [2.05, 4.69) is 5.32 Å². The average Bonchev–Trinajstić information content (AvgIpc) is 2.55. The number of amides is 1. The molecule has 0 saturated carbocycles. The van der Waals surface area contributed by atoms with Crippen LogP contribution in [0.15, 0.2) is 53.4 Å². The monoisotopic (exact) mass is 337 g/mol. The molecule has 6 heteroatoms. The number of halogens is 2. The van der Waals surface area contributed by atoms with Crippen molar-refractivity contribution in [2.45, 2.75) is 17.4 Å². The van der Waals surface area contributed by atoms with Crippen LogP contribution in [0, 0.1) is 11.6 Å². The van der Waals surface area contributed by atoms with Crippen LogP contribution in [0.1, 0.15) is 5.56 Å². The first-order chi connectivity index (χ1) is 11.0. The molecule has 2 aromatic carbocycles. The Morgan fingerprint density at radius 1 is 1.13 bits per heavy atom. The van der Waals surface area contributed by atoms with E-state index in [9.17, 15) is 18.7 Å². The molecule has 0 saturated heterocycles.